The molecule has 144 valence electrons. The Bertz CT molecular complexity index is 970. The molecule has 1 atom stereocenters. The van der Waals surface area contributed by atoms with Crippen LogP contribution in [0.25, 0.3) is 11.1 Å². The predicted octanol–water partition coefficient (Wildman–Crippen LogP) is 5.17. The third-order valence-corrected chi connectivity index (χ3v) is 5.53. The molecule has 3 aromatic rings. The second-order valence-electron chi connectivity index (χ2n) is 7.05. The second kappa shape index (κ2) is 8.15. The first-order chi connectivity index (χ1) is 13.6. The Hall–Kier alpha value is -2.66. The molecule has 1 aliphatic rings. The highest BCUT2D eigenvalue weighted by atomic mass is 35.5. The zero-order valence-corrected chi connectivity index (χ0v) is 16.1. The summed E-state index contributed by atoms with van der Waals surface area (Å²) < 4.78 is 14.3. The molecule has 0 saturated carbocycles. The number of aromatic amines is 1. The SMILES string of the molecule is O=C(CCc1ccc(Cl)cc1)N1CCC[C@@H]1c1[nH]ncc1-c1ccccc1F. The molecule has 0 bridgehead atoms. The van der Waals surface area contributed by atoms with Gasteiger partial charge in [0.1, 0.15) is 5.82 Å². The highest BCUT2D eigenvalue weighted by molar-refractivity contribution is 6.30. The Kier molecular flexibility index (Phi) is 5.44. The van der Waals surface area contributed by atoms with Crippen molar-refractivity contribution in [1.82, 2.24) is 15.1 Å². The van der Waals surface area contributed by atoms with Crippen LogP contribution >= 0.6 is 11.6 Å². The molecule has 0 radical (unpaired) electrons. The number of nitrogens with zero attached hydrogens (tertiary/aromatic N) is 2. The number of halogens is 2. The Morgan fingerprint density at radius 3 is 2.75 bits per heavy atom. The molecule has 1 saturated heterocycles. The molecule has 0 unspecified atom stereocenters. The Morgan fingerprint density at radius 2 is 1.96 bits per heavy atom. The quantitative estimate of drug-likeness (QED) is 0.646. The Morgan fingerprint density at radius 1 is 1.18 bits per heavy atom. The van der Waals surface area contributed by atoms with Crippen molar-refractivity contribution in [2.45, 2.75) is 31.7 Å². The molecule has 1 amide bonds. The molecule has 6 heteroatoms. The number of aryl methyl sites for hydroxylation is 1. The highest BCUT2D eigenvalue weighted by Gasteiger charge is 2.32. The van der Waals surface area contributed by atoms with Crippen molar-refractivity contribution >= 4 is 17.5 Å². The lowest BCUT2D eigenvalue weighted by Crippen LogP contribution is -2.31. The van der Waals surface area contributed by atoms with Crippen LogP contribution in [0.15, 0.2) is 54.7 Å². The molecule has 1 aliphatic heterocycles. The van der Waals surface area contributed by atoms with Crippen molar-refractivity contribution in [1.29, 1.82) is 0 Å². The van der Waals surface area contributed by atoms with E-state index in [4.69, 9.17) is 11.6 Å². The van der Waals surface area contributed by atoms with E-state index in [1.807, 2.05) is 29.2 Å². The fourth-order valence-electron chi connectivity index (χ4n) is 3.86. The minimum atomic E-state index is -0.288. The Labute approximate surface area is 168 Å². The second-order valence-corrected chi connectivity index (χ2v) is 7.49. The number of nitrogens with one attached hydrogen (secondary N) is 1. The fourth-order valence-corrected chi connectivity index (χ4v) is 3.98. The predicted molar refractivity (Wildman–Crippen MR) is 107 cm³/mol. The van der Waals surface area contributed by atoms with E-state index >= 15 is 0 Å². The number of H-pyrrole nitrogens is 1. The first-order valence-corrected chi connectivity index (χ1v) is 9.83. The number of aromatic nitrogens is 2. The topological polar surface area (TPSA) is 49.0 Å². The van der Waals surface area contributed by atoms with E-state index in [-0.39, 0.29) is 17.8 Å². The minimum absolute atomic E-state index is 0.102. The molecular weight excluding hydrogens is 377 g/mol. The van der Waals surface area contributed by atoms with Gasteiger partial charge in [-0.2, -0.15) is 5.10 Å². The van der Waals surface area contributed by atoms with Crippen LogP contribution in [-0.2, 0) is 11.2 Å². The largest absolute Gasteiger partial charge is 0.334 e. The maximum Gasteiger partial charge on any atom is 0.223 e. The van der Waals surface area contributed by atoms with Crippen molar-refractivity contribution in [2.75, 3.05) is 6.54 Å². The summed E-state index contributed by atoms with van der Waals surface area (Å²) in [6, 6.07) is 14.1. The summed E-state index contributed by atoms with van der Waals surface area (Å²) in [4.78, 5) is 14.8. The molecule has 28 heavy (non-hydrogen) atoms. The standard InChI is InChI=1S/C22H21ClFN3O/c23-16-10-7-15(8-11-16)9-12-21(28)27-13-3-6-20(27)22-18(14-25-26-22)17-4-1-2-5-19(17)24/h1-2,4-5,7-8,10-11,14,20H,3,6,9,12-13H2,(H,25,26)/t20-/m1/s1. The van der Waals surface area contributed by atoms with Gasteiger partial charge in [0.25, 0.3) is 0 Å². The van der Waals surface area contributed by atoms with Crippen LogP contribution in [0.5, 0.6) is 0 Å². The molecule has 2 aromatic carbocycles. The number of carbonyl (C=O) groups excluding carboxylic acids is 1. The zero-order valence-electron chi connectivity index (χ0n) is 15.4. The van der Waals surface area contributed by atoms with Gasteiger partial charge in [-0.1, -0.05) is 41.9 Å². The minimum Gasteiger partial charge on any atom is -0.334 e. The van der Waals surface area contributed by atoms with Crippen LogP contribution in [-0.4, -0.2) is 27.5 Å². The van der Waals surface area contributed by atoms with Crippen molar-refractivity contribution < 1.29 is 9.18 Å². The Balaban J connectivity index is 1.51. The van der Waals surface area contributed by atoms with Gasteiger partial charge >= 0.3 is 0 Å². The van der Waals surface area contributed by atoms with Gasteiger partial charge in [0.05, 0.1) is 17.9 Å². The van der Waals surface area contributed by atoms with Gasteiger partial charge in [-0.25, -0.2) is 4.39 Å². The summed E-state index contributed by atoms with van der Waals surface area (Å²) in [6.45, 7) is 0.708. The molecule has 1 fully saturated rings. The van der Waals surface area contributed by atoms with E-state index in [2.05, 4.69) is 10.2 Å². The number of carbonyl (C=O) groups is 1. The molecule has 4 rings (SSSR count). The van der Waals surface area contributed by atoms with Gasteiger partial charge in [0, 0.05) is 29.1 Å². The number of hydrogen-bond acceptors (Lipinski definition) is 2. The maximum absolute atomic E-state index is 14.3. The van der Waals surface area contributed by atoms with Gasteiger partial charge in [0.2, 0.25) is 5.91 Å². The van der Waals surface area contributed by atoms with Crippen LogP contribution < -0.4 is 0 Å². The van der Waals surface area contributed by atoms with Gasteiger partial charge in [-0.3, -0.25) is 9.89 Å². The van der Waals surface area contributed by atoms with Crippen molar-refractivity contribution in [3.63, 3.8) is 0 Å². The maximum atomic E-state index is 14.3. The molecule has 4 nitrogen and oxygen atoms in total. The van der Waals surface area contributed by atoms with Crippen molar-refractivity contribution in [2.24, 2.45) is 0 Å². The molecule has 0 aliphatic carbocycles. The van der Waals surface area contributed by atoms with E-state index in [1.165, 1.54) is 6.07 Å². The van der Waals surface area contributed by atoms with Gasteiger partial charge in [-0.15, -0.1) is 0 Å². The lowest BCUT2D eigenvalue weighted by molar-refractivity contribution is -0.132. The lowest BCUT2D eigenvalue weighted by Gasteiger charge is -2.25. The van der Waals surface area contributed by atoms with E-state index in [1.54, 1.807) is 24.4 Å². The van der Waals surface area contributed by atoms with E-state index in [9.17, 15) is 9.18 Å². The van der Waals surface area contributed by atoms with E-state index < -0.39 is 0 Å². The summed E-state index contributed by atoms with van der Waals surface area (Å²) in [5, 5.41) is 7.84. The van der Waals surface area contributed by atoms with Crippen molar-refractivity contribution in [3.05, 3.63) is 76.8 Å². The van der Waals surface area contributed by atoms with Crippen LogP contribution in [0.2, 0.25) is 5.02 Å². The first-order valence-electron chi connectivity index (χ1n) is 9.45. The normalized spacial score (nSPS) is 16.5. The molecule has 0 spiro atoms. The summed E-state index contributed by atoms with van der Waals surface area (Å²) in [5.41, 5.74) is 3.12. The first kappa shape index (κ1) is 18.7. The number of likely N-dealkylation sites (tertiary alicyclic amines) is 1. The fraction of sp³-hybridized carbons (Fsp3) is 0.273. The van der Waals surface area contributed by atoms with Crippen molar-refractivity contribution in [3.8, 4) is 11.1 Å². The van der Waals surface area contributed by atoms with E-state index in [0.717, 1.165) is 29.7 Å². The smallest absolute Gasteiger partial charge is 0.223 e. The summed E-state index contributed by atoms with van der Waals surface area (Å²) in [6.07, 6.45) is 4.51. The number of rotatable bonds is 5. The average Bonchev–Trinajstić information content (AvgIpc) is 3.36. The molecule has 1 aromatic heterocycles. The summed E-state index contributed by atoms with van der Waals surface area (Å²) in [5.74, 6) is -0.185. The molecule has 1 N–H and O–H groups in total. The monoisotopic (exact) mass is 397 g/mol. The molecular formula is C22H21ClFN3O. The van der Waals surface area contributed by atoms with Crippen LogP contribution in [0.1, 0.15) is 36.6 Å². The highest BCUT2D eigenvalue weighted by Crippen LogP contribution is 2.37. The zero-order chi connectivity index (χ0) is 19.5. The van der Waals surface area contributed by atoms with Gasteiger partial charge < -0.3 is 4.90 Å². The number of amides is 1. The average molecular weight is 398 g/mol. The third kappa shape index (κ3) is 3.80. The summed E-state index contributed by atoms with van der Waals surface area (Å²) >= 11 is 5.92. The van der Waals surface area contributed by atoms with Crippen LogP contribution in [0, 0.1) is 5.82 Å². The van der Waals surface area contributed by atoms with Crippen LogP contribution in [0.4, 0.5) is 4.39 Å². The summed E-state index contributed by atoms with van der Waals surface area (Å²) in [7, 11) is 0. The number of hydrogen-bond donors (Lipinski definition) is 1. The van der Waals surface area contributed by atoms with Gasteiger partial charge in [-0.05, 0) is 43.0 Å². The van der Waals surface area contributed by atoms with E-state index in [0.29, 0.717) is 30.0 Å². The lowest BCUT2D eigenvalue weighted by atomic mass is 10.00. The molecule has 2 heterocycles. The third-order valence-electron chi connectivity index (χ3n) is 5.28. The van der Waals surface area contributed by atoms with Gasteiger partial charge in [0.15, 0.2) is 0 Å². The number of benzene rings is 2. The van der Waals surface area contributed by atoms with Crippen LogP contribution in [0.3, 0.4) is 0 Å².